The molecule has 3 aromatic rings. The number of benzene rings is 2. The summed E-state index contributed by atoms with van der Waals surface area (Å²) in [5.74, 6) is 2.68. The van der Waals surface area contributed by atoms with E-state index in [1.165, 1.54) is 29.7 Å². The number of rotatable bonds is 8. The third-order valence-corrected chi connectivity index (χ3v) is 6.03. The van der Waals surface area contributed by atoms with Gasteiger partial charge in [-0.3, -0.25) is 0 Å². The molecule has 0 unspecified atom stereocenters. The quantitative estimate of drug-likeness (QED) is 0.577. The molecular formula is C24H31N3O2. The first-order valence-electron chi connectivity index (χ1n) is 10.6. The maximum absolute atomic E-state index is 5.35. The Morgan fingerprint density at radius 2 is 1.72 bits per heavy atom. The first-order valence-corrected chi connectivity index (χ1v) is 10.6. The first-order chi connectivity index (χ1) is 14.3. The van der Waals surface area contributed by atoms with Crippen molar-refractivity contribution in [3.63, 3.8) is 0 Å². The van der Waals surface area contributed by atoms with Crippen LogP contribution >= 0.6 is 0 Å². The van der Waals surface area contributed by atoms with Gasteiger partial charge in [-0.15, -0.1) is 0 Å². The highest BCUT2D eigenvalue weighted by molar-refractivity contribution is 5.76. The zero-order valence-electron chi connectivity index (χ0n) is 17.5. The second kappa shape index (κ2) is 9.42. The van der Waals surface area contributed by atoms with Gasteiger partial charge < -0.3 is 18.9 Å². The molecule has 5 nitrogen and oxygen atoms in total. The number of ether oxygens (including phenoxy) is 2. The van der Waals surface area contributed by atoms with Crippen LogP contribution < -0.4 is 4.74 Å². The molecule has 1 saturated heterocycles. The van der Waals surface area contributed by atoms with Gasteiger partial charge in [0.15, 0.2) is 0 Å². The second-order valence-electron chi connectivity index (χ2n) is 7.82. The van der Waals surface area contributed by atoms with E-state index in [4.69, 9.17) is 14.5 Å². The van der Waals surface area contributed by atoms with E-state index in [1.807, 2.05) is 12.1 Å². The van der Waals surface area contributed by atoms with E-state index in [0.29, 0.717) is 12.5 Å². The molecule has 4 rings (SSSR count). The van der Waals surface area contributed by atoms with Crippen molar-refractivity contribution in [2.45, 2.75) is 31.7 Å². The third kappa shape index (κ3) is 4.62. The number of likely N-dealkylation sites (tertiary alicyclic amines) is 1. The fourth-order valence-corrected chi connectivity index (χ4v) is 4.32. The molecule has 154 valence electrons. The van der Waals surface area contributed by atoms with Gasteiger partial charge in [0.2, 0.25) is 0 Å². The summed E-state index contributed by atoms with van der Waals surface area (Å²) in [5.41, 5.74) is 3.69. The topological polar surface area (TPSA) is 39.5 Å². The van der Waals surface area contributed by atoms with Crippen molar-refractivity contribution in [3.05, 3.63) is 59.9 Å². The van der Waals surface area contributed by atoms with Crippen LogP contribution in [0.25, 0.3) is 11.0 Å². The van der Waals surface area contributed by atoms with E-state index in [0.717, 1.165) is 43.9 Å². The second-order valence-corrected chi connectivity index (χ2v) is 7.82. The molecule has 0 bridgehead atoms. The van der Waals surface area contributed by atoms with Crippen molar-refractivity contribution in [3.8, 4) is 5.75 Å². The van der Waals surface area contributed by atoms with Crippen molar-refractivity contribution in [2.24, 2.45) is 0 Å². The van der Waals surface area contributed by atoms with E-state index in [-0.39, 0.29) is 0 Å². The molecule has 1 aromatic heterocycles. The van der Waals surface area contributed by atoms with Gasteiger partial charge in [0.25, 0.3) is 0 Å². The molecule has 29 heavy (non-hydrogen) atoms. The number of piperidine rings is 1. The molecule has 0 N–H and O–H groups in total. The highest BCUT2D eigenvalue weighted by atomic mass is 16.5. The first kappa shape index (κ1) is 19.9. The van der Waals surface area contributed by atoms with Gasteiger partial charge in [-0.1, -0.05) is 24.3 Å². The average molecular weight is 394 g/mol. The summed E-state index contributed by atoms with van der Waals surface area (Å²) >= 11 is 0. The predicted octanol–water partition coefficient (Wildman–Crippen LogP) is 4.11. The summed E-state index contributed by atoms with van der Waals surface area (Å²) in [7, 11) is 3.48. The molecule has 0 radical (unpaired) electrons. The van der Waals surface area contributed by atoms with Crippen LogP contribution in [-0.2, 0) is 17.7 Å². The minimum Gasteiger partial charge on any atom is -0.497 e. The fraction of sp³-hybridized carbons (Fsp3) is 0.458. The van der Waals surface area contributed by atoms with Crippen LogP contribution in [0.5, 0.6) is 5.75 Å². The average Bonchev–Trinajstić information content (AvgIpc) is 3.15. The molecule has 0 saturated carbocycles. The molecule has 0 spiro atoms. The van der Waals surface area contributed by atoms with Crippen LogP contribution in [0.4, 0.5) is 0 Å². The number of para-hydroxylation sites is 2. The van der Waals surface area contributed by atoms with Crippen LogP contribution in [-0.4, -0.2) is 54.9 Å². The molecule has 1 aliphatic rings. The van der Waals surface area contributed by atoms with Gasteiger partial charge in [0, 0.05) is 26.1 Å². The van der Waals surface area contributed by atoms with Crippen LogP contribution in [0.15, 0.2) is 48.5 Å². The molecule has 0 amide bonds. The molecule has 2 aromatic carbocycles. The number of hydrogen-bond donors (Lipinski definition) is 0. The highest BCUT2D eigenvalue weighted by Gasteiger charge is 2.25. The Morgan fingerprint density at radius 1 is 0.966 bits per heavy atom. The third-order valence-electron chi connectivity index (χ3n) is 6.03. The van der Waals surface area contributed by atoms with E-state index >= 15 is 0 Å². The minimum atomic E-state index is 0.525. The number of fused-ring (bicyclic) bond motifs is 1. The van der Waals surface area contributed by atoms with Crippen LogP contribution in [0.3, 0.4) is 0 Å². The fourth-order valence-electron chi connectivity index (χ4n) is 4.32. The maximum atomic E-state index is 5.35. The Labute approximate surface area is 173 Å². The summed E-state index contributed by atoms with van der Waals surface area (Å²) in [6.07, 6.45) is 3.42. The van der Waals surface area contributed by atoms with Gasteiger partial charge in [0.05, 0.1) is 24.8 Å². The van der Waals surface area contributed by atoms with Gasteiger partial charge in [0.1, 0.15) is 11.6 Å². The molecule has 1 fully saturated rings. The van der Waals surface area contributed by atoms with Gasteiger partial charge in [-0.2, -0.15) is 0 Å². The zero-order chi connectivity index (χ0) is 20.1. The van der Waals surface area contributed by atoms with Gasteiger partial charge >= 0.3 is 0 Å². The monoisotopic (exact) mass is 393 g/mol. The van der Waals surface area contributed by atoms with Crippen LogP contribution in [0.1, 0.15) is 30.1 Å². The molecule has 2 heterocycles. The number of nitrogens with zero attached hydrogens (tertiary/aromatic N) is 3. The number of hydrogen-bond acceptors (Lipinski definition) is 4. The molecular weight excluding hydrogens is 362 g/mol. The summed E-state index contributed by atoms with van der Waals surface area (Å²) in [5, 5.41) is 0. The van der Waals surface area contributed by atoms with Crippen LogP contribution in [0.2, 0.25) is 0 Å². The Kier molecular flexibility index (Phi) is 6.47. The zero-order valence-corrected chi connectivity index (χ0v) is 17.5. The summed E-state index contributed by atoms with van der Waals surface area (Å²) < 4.78 is 13.0. The lowest BCUT2D eigenvalue weighted by molar-refractivity contribution is 0.183. The highest BCUT2D eigenvalue weighted by Crippen LogP contribution is 2.30. The summed E-state index contributed by atoms with van der Waals surface area (Å²) in [6, 6.07) is 16.9. The van der Waals surface area contributed by atoms with Gasteiger partial charge in [-0.05, 0) is 62.2 Å². The van der Waals surface area contributed by atoms with Crippen molar-refractivity contribution in [2.75, 3.05) is 40.5 Å². The largest absolute Gasteiger partial charge is 0.497 e. The Morgan fingerprint density at radius 3 is 2.45 bits per heavy atom. The van der Waals surface area contributed by atoms with E-state index in [2.05, 4.69) is 45.9 Å². The molecule has 1 aliphatic heterocycles. The summed E-state index contributed by atoms with van der Waals surface area (Å²) in [4.78, 5) is 7.59. The van der Waals surface area contributed by atoms with Gasteiger partial charge in [-0.25, -0.2) is 4.98 Å². The van der Waals surface area contributed by atoms with E-state index < -0.39 is 0 Å². The van der Waals surface area contributed by atoms with Crippen molar-refractivity contribution in [1.29, 1.82) is 0 Å². The molecule has 0 aliphatic carbocycles. The van der Waals surface area contributed by atoms with Crippen molar-refractivity contribution < 1.29 is 9.47 Å². The Hall–Kier alpha value is -2.37. The van der Waals surface area contributed by atoms with Crippen LogP contribution in [0, 0.1) is 0 Å². The SMILES string of the molecule is COCCn1c(C2CCN(CCc3ccc(OC)cc3)CC2)nc2ccccc21. The summed E-state index contributed by atoms with van der Waals surface area (Å²) in [6.45, 7) is 4.96. The minimum absolute atomic E-state index is 0.525. The maximum Gasteiger partial charge on any atom is 0.118 e. The lowest BCUT2D eigenvalue weighted by atomic mass is 9.95. The molecule has 0 atom stereocenters. The number of methoxy groups -OCH3 is 2. The van der Waals surface area contributed by atoms with E-state index in [9.17, 15) is 0 Å². The van der Waals surface area contributed by atoms with Crippen molar-refractivity contribution >= 4 is 11.0 Å². The standard InChI is InChI=1S/C24H31N3O2/c1-28-18-17-27-23-6-4-3-5-22(23)25-24(27)20-12-15-26(16-13-20)14-11-19-7-9-21(29-2)10-8-19/h3-10,20H,11-18H2,1-2H3. The number of aromatic nitrogens is 2. The molecule has 5 heteroatoms. The smallest absolute Gasteiger partial charge is 0.118 e. The Balaban J connectivity index is 1.37. The normalized spacial score (nSPS) is 15.8. The van der Waals surface area contributed by atoms with E-state index in [1.54, 1.807) is 14.2 Å². The number of imidazole rings is 1. The predicted molar refractivity (Wildman–Crippen MR) is 117 cm³/mol. The lowest BCUT2D eigenvalue weighted by Crippen LogP contribution is -2.35. The Bertz CT molecular complexity index is 912. The lowest BCUT2D eigenvalue weighted by Gasteiger charge is -2.32. The van der Waals surface area contributed by atoms with Crippen molar-refractivity contribution in [1.82, 2.24) is 14.5 Å².